The average Bonchev–Trinajstić information content (AvgIpc) is 3.48. The minimum atomic E-state index is -2.31. The third kappa shape index (κ3) is 7.91. The Hall–Kier alpha value is -2.71. The van der Waals surface area contributed by atoms with Gasteiger partial charge in [-0.15, -0.1) is 0 Å². The van der Waals surface area contributed by atoms with Crippen LogP contribution in [0.4, 0.5) is 4.79 Å². The number of hydrogen-bond acceptors (Lipinski definition) is 7. The number of rotatable bonds is 10. The number of aliphatic hydroxyl groups excluding tert-OH is 1. The van der Waals surface area contributed by atoms with E-state index in [1.165, 1.54) is 16.7 Å². The molecule has 2 unspecified atom stereocenters. The zero-order valence-corrected chi connectivity index (χ0v) is 25.0. The summed E-state index contributed by atoms with van der Waals surface area (Å²) in [6, 6.07) is -3.23. The van der Waals surface area contributed by atoms with Gasteiger partial charge in [-0.2, -0.15) is 0 Å². The maximum Gasteiger partial charge on any atom is 0.405 e. The van der Waals surface area contributed by atoms with E-state index in [0.29, 0.717) is 25.8 Å². The number of nitrogens with one attached hydrogen (secondary N) is 2. The van der Waals surface area contributed by atoms with Crippen molar-refractivity contribution in [2.24, 2.45) is 11.7 Å². The largest absolute Gasteiger partial charge is 0.465 e. The Bertz CT molecular complexity index is 953. The molecule has 0 aromatic heterocycles. The van der Waals surface area contributed by atoms with E-state index in [2.05, 4.69) is 10.6 Å². The van der Waals surface area contributed by atoms with Crippen LogP contribution in [0.15, 0.2) is 0 Å². The number of carbonyl (C=O) groups is 5. The highest BCUT2D eigenvalue weighted by molar-refractivity contribution is 6.74. The predicted octanol–water partition coefficient (Wildman–Crippen LogP) is 0.223. The molecule has 5 amide bonds. The maximum atomic E-state index is 13.4. The SMILES string of the molecule is C[C@@H](O)[C@H](NC(=O)C1CCCN1C(=O)C1CCN(C(=O)[C@@H](NC(=O)O)[C@@H](C)O[Si](C)(C)C(C)(C)C)C1)C(N)=O. The Morgan fingerprint density at radius 1 is 1.03 bits per heavy atom. The molecule has 2 heterocycles. The number of aliphatic hydroxyl groups is 1. The lowest BCUT2D eigenvalue weighted by Crippen LogP contribution is -2.57. The molecule has 2 saturated heterocycles. The monoisotopic (exact) mass is 571 g/mol. The van der Waals surface area contributed by atoms with E-state index in [0.717, 1.165) is 0 Å². The van der Waals surface area contributed by atoms with E-state index < -0.39 is 68.4 Å². The highest BCUT2D eigenvalue weighted by atomic mass is 28.4. The molecule has 39 heavy (non-hydrogen) atoms. The van der Waals surface area contributed by atoms with Crippen molar-refractivity contribution < 1.29 is 38.6 Å². The lowest BCUT2D eigenvalue weighted by Gasteiger charge is -2.40. The molecule has 14 heteroatoms. The van der Waals surface area contributed by atoms with Crippen molar-refractivity contribution in [2.45, 2.75) is 102 Å². The van der Waals surface area contributed by atoms with Crippen LogP contribution in [0, 0.1) is 5.92 Å². The molecule has 6 atom stereocenters. The first-order chi connectivity index (χ1) is 17.9. The van der Waals surface area contributed by atoms with E-state index in [-0.39, 0.29) is 24.0 Å². The van der Waals surface area contributed by atoms with E-state index in [9.17, 15) is 34.2 Å². The van der Waals surface area contributed by atoms with Crippen molar-refractivity contribution in [3.05, 3.63) is 0 Å². The van der Waals surface area contributed by atoms with Gasteiger partial charge in [-0.05, 0) is 51.2 Å². The summed E-state index contributed by atoms with van der Waals surface area (Å²) in [6.45, 7) is 13.9. The summed E-state index contributed by atoms with van der Waals surface area (Å²) in [7, 11) is -2.31. The number of primary amides is 1. The van der Waals surface area contributed by atoms with Gasteiger partial charge in [0.1, 0.15) is 18.1 Å². The third-order valence-electron chi connectivity index (χ3n) is 8.08. The number of nitrogens with two attached hydrogens (primary N) is 1. The van der Waals surface area contributed by atoms with E-state index in [1.807, 2.05) is 33.9 Å². The Balaban J connectivity index is 2.11. The van der Waals surface area contributed by atoms with Crippen molar-refractivity contribution in [3.63, 3.8) is 0 Å². The summed E-state index contributed by atoms with van der Waals surface area (Å²) >= 11 is 0. The van der Waals surface area contributed by atoms with Gasteiger partial charge in [0.25, 0.3) is 0 Å². The summed E-state index contributed by atoms with van der Waals surface area (Å²) in [5.41, 5.74) is 5.27. The van der Waals surface area contributed by atoms with Gasteiger partial charge >= 0.3 is 6.09 Å². The number of likely N-dealkylation sites (tertiary alicyclic amines) is 2. The molecule has 0 aromatic carbocycles. The molecule has 0 spiro atoms. The lowest BCUT2D eigenvalue weighted by atomic mass is 10.1. The molecule has 2 aliphatic rings. The highest BCUT2D eigenvalue weighted by Crippen LogP contribution is 2.37. The first kappa shape index (κ1) is 32.5. The minimum absolute atomic E-state index is 0.0880. The van der Waals surface area contributed by atoms with Crippen LogP contribution < -0.4 is 16.4 Å². The fourth-order valence-electron chi connectivity index (χ4n) is 4.80. The van der Waals surface area contributed by atoms with E-state index in [1.54, 1.807) is 6.92 Å². The molecular formula is C25H45N5O8Si. The fourth-order valence-corrected chi connectivity index (χ4v) is 6.22. The number of nitrogens with zero attached hydrogens (tertiary/aromatic N) is 2. The molecule has 2 rings (SSSR count). The maximum absolute atomic E-state index is 13.4. The first-order valence-electron chi connectivity index (χ1n) is 13.4. The van der Waals surface area contributed by atoms with Crippen LogP contribution in [0.5, 0.6) is 0 Å². The summed E-state index contributed by atoms with van der Waals surface area (Å²) in [6.07, 6.45) is -1.91. The molecule has 222 valence electrons. The molecule has 0 aromatic rings. The van der Waals surface area contributed by atoms with Gasteiger partial charge in [-0.25, -0.2) is 4.79 Å². The Kier molecular flexibility index (Phi) is 10.5. The molecule has 0 radical (unpaired) electrons. The Morgan fingerprint density at radius 3 is 2.15 bits per heavy atom. The standard InChI is InChI=1S/C25H45N5O8Si/c1-14(31)18(20(26)32)27-21(33)17-9-8-11-30(17)22(34)16-10-12-29(13-16)23(35)19(28-24(36)37)15(2)38-39(6,7)25(3,4)5/h14-19,28,31H,8-13H2,1-7H3,(H2,26,32)(H,27,33)(H,36,37)/t14-,15-,16?,17?,18+,19+/m1/s1. The van der Waals surface area contributed by atoms with E-state index in [4.69, 9.17) is 10.2 Å². The second kappa shape index (κ2) is 12.6. The number of amides is 5. The summed E-state index contributed by atoms with van der Waals surface area (Å²) < 4.78 is 6.30. The van der Waals surface area contributed by atoms with Crippen LogP contribution in [0.3, 0.4) is 0 Å². The molecule has 13 nitrogen and oxygen atoms in total. The Labute approximate surface area is 230 Å². The molecule has 0 saturated carbocycles. The fraction of sp³-hybridized carbons (Fsp3) is 0.800. The van der Waals surface area contributed by atoms with Crippen LogP contribution in [0.1, 0.15) is 53.9 Å². The molecule has 2 aliphatic heterocycles. The van der Waals surface area contributed by atoms with Gasteiger partial charge in [0.15, 0.2) is 8.32 Å². The van der Waals surface area contributed by atoms with Gasteiger partial charge in [0.05, 0.1) is 18.1 Å². The normalized spacial score (nSPS) is 23.1. The van der Waals surface area contributed by atoms with Crippen molar-refractivity contribution in [1.82, 2.24) is 20.4 Å². The second-order valence-corrected chi connectivity index (χ2v) is 16.9. The van der Waals surface area contributed by atoms with Gasteiger partial charge in [0.2, 0.25) is 23.6 Å². The number of carboxylic acid groups (broad SMARTS) is 1. The molecule has 0 aliphatic carbocycles. The minimum Gasteiger partial charge on any atom is -0.465 e. The summed E-state index contributed by atoms with van der Waals surface area (Å²) in [5, 5.41) is 23.8. The highest BCUT2D eigenvalue weighted by Gasteiger charge is 2.45. The van der Waals surface area contributed by atoms with E-state index >= 15 is 0 Å². The van der Waals surface area contributed by atoms with Crippen LogP contribution in [-0.4, -0.2) is 108 Å². The van der Waals surface area contributed by atoms with Gasteiger partial charge in [-0.1, -0.05) is 20.8 Å². The average molecular weight is 572 g/mol. The van der Waals surface area contributed by atoms with Crippen LogP contribution >= 0.6 is 0 Å². The molecule has 6 N–H and O–H groups in total. The van der Waals surface area contributed by atoms with Crippen molar-refractivity contribution in [3.8, 4) is 0 Å². The van der Waals surface area contributed by atoms with Gasteiger partial charge in [0, 0.05) is 19.6 Å². The third-order valence-corrected chi connectivity index (χ3v) is 12.6. The smallest absolute Gasteiger partial charge is 0.405 e. The Morgan fingerprint density at radius 2 is 1.64 bits per heavy atom. The lowest BCUT2D eigenvalue weighted by molar-refractivity contribution is -0.142. The van der Waals surface area contributed by atoms with Crippen LogP contribution in [-0.2, 0) is 23.6 Å². The van der Waals surface area contributed by atoms with Crippen LogP contribution in [0.25, 0.3) is 0 Å². The quantitative estimate of drug-likeness (QED) is 0.230. The zero-order chi connectivity index (χ0) is 29.9. The number of hydrogen-bond donors (Lipinski definition) is 5. The molecule has 0 bridgehead atoms. The summed E-state index contributed by atoms with van der Waals surface area (Å²) in [4.78, 5) is 65.7. The predicted molar refractivity (Wildman–Crippen MR) is 145 cm³/mol. The zero-order valence-electron chi connectivity index (χ0n) is 24.0. The second-order valence-electron chi connectivity index (χ2n) is 12.1. The molecule has 2 fully saturated rings. The first-order valence-corrected chi connectivity index (χ1v) is 16.3. The van der Waals surface area contributed by atoms with Crippen molar-refractivity contribution in [2.75, 3.05) is 19.6 Å². The van der Waals surface area contributed by atoms with Crippen LogP contribution in [0.2, 0.25) is 18.1 Å². The van der Waals surface area contributed by atoms with Crippen molar-refractivity contribution in [1.29, 1.82) is 0 Å². The van der Waals surface area contributed by atoms with Crippen molar-refractivity contribution >= 4 is 38.0 Å². The topological polar surface area (TPSA) is 192 Å². The van der Waals surface area contributed by atoms with Gasteiger partial charge < -0.3 is 40.8 Å². The molecular weight excluding hydrogens is 526 g/mol. The van der Waals surface area contributed by atoms with Gasteiger partial charge in [-0.3, -0.25) is 19.2 Å². The summed E-state index contributed by atoms with van der Waals surface area (Å²) in [5.74, 6) is -2.76. The number of carbonyl (C=O) groups excluding carboxylic acids is 4.